The Labute approximate surface area is 122 Å². The molecule has 0 aliphatic heterocycles. The van der Waals surface area contributed by atoms with E-state index in [1.165, 1.54) is 0 Å². The van der Waals surface area contributed by atoms with Crippen LogP contribution in [0.15, 0.2) is 28.8 Å². The maximum absolute atomic E-state index is 10.7. The summed E-state index contributed by atoms with van der Waals surface area (Å²) in [5, 5.41) is 12.7. The standard InChI is InChI=1S/C14H17N3O4/c1-3-17(9-13(18)19)8-12-15-14(16-21-12)10-4-6-11(20-2)7-5-10/h4-7H,3,8-9H2,1-2H3,(H,18,19). The Hall–Kier alpha value is -2.41. The van der Waals surface area contributed by atoms with Crippen molar-refractivity contribution in [3.05, 3.63) is 30.2 Å². The van der Waals surface area contributed by atoms with Crippen LogP contribution in [-0.4, -0.2) is 46.3 Å². The number of nitrogens with zero attached hydrogens (tertiary/aromatic N) is 3. The number of methoxy groups -OCH3 is 1. The monoisotopic (exact) mass is 291 g/mol. The number of hydrogen-bond donors (Lipinski definition) is 1. The molecule has 0 aliphatic carbocycles. The van der Waals surface area contributed by atoms with Gasteiger partial charge in [0.15, 0.2) is 0 Å². The highest BCUT2D eigenvalue weighted by molar-refractivity contribution is 5.69. The normalized spacial score (nSPS) is 10.8. The largest absolute Gasteiger partial charge is 0.497 e. The van der Waals surface area contributed by atoms with Gasteiger partial charge in [-0.25, -0.2) is 0 Å². The van der Waals surface area contributed by atoms with Crippen molar-refractivity contribution in [2.45, 2.75) is 13.5 Å². The van der Waals surface area contributed by atoms with Crippen molar-refractivity contribution in [1.29, 1.82) is 0 Å². The molecule has 7 heteroatoms. The second kappa shape index (κ2) is 6.85. The molecule has 1 aromatic carbocycles. The molecule has 0 radical (unpaired) electrons. The minimum absolute atomic E-state index is 0.0588. The van der Waals surface area contributed by atoms with E-state index in [1.54, 1.807) is 12.0 Å². The molecule has 1 heterocycles. The third-order valence-electron chi connectivity index (χ3n) is 2.98. The lowest BCUT2D eigenvalue weighted by Crippen LogP contribution is -2.29. The highest BCUT2D eigenvalue weighted by Gasteiger charge is 2.14. The van der Waals surface area contributed by atoms with Gasteiger partial charge >= 0.3 is 5.97 Å². The fraction of sp³-hybridized carbons (Fsp3) is 0.357. The zero-order chi connectivity index (χ0) is 15.2. The first kappa shape index (κ1) is 15.0. The molecule has 1 aromatic heterocycles. The maximum atomic E-state index is 10.7. The Bertz CT molecular complexity index is 595. The SMILES string of the molecule is CCN(CC(=O)O)Cc1nc(-c2ccc(OC)cc2)no1. The van der Waals surface area contributed by atoms with Crippen molar-refractivity contribution in [3.63, 3.8) is 0 Å². The average molecular weight is 291 g/mol. The summed E-state index contributed by atoms with van der Waals surface area (Å²) in [5.74, 6) is 0.732. The first-order valence-corrected chi connectivity index (χ1v) is 6.53. The minimum Gasteiger partial charge on any atom is -0.497 e. The van der Waals surface area contributed by atoms with Crippen molar-refractivity contribution in [1.82, 2.24) is 15.0 Å². The van der Waals surface area contributed by atoms with Crippen LogP contribution in [0, 0.1) is 0 Å². The van der Waals surface area contributed by atoms with Gasteiger partial charge in [0, 0.05) is 5.56 Å². The lowest BCUT2D eigenvalue weighted by Gasteiger charge is -2.14. The highest BCUT2D eigenvalue weighted by Crippen LogP contribution is 2.20. The Kier molecular flexibility index (Phi) is 4.89. The third-order valence-corrected chi connectivity index (χ3v) is 2.98. The lowest BCUT2D eigenvalue weighted by atomic mass is 10.2. The van der Waals surface area contributed by atoms with Gasteiger partial charge in [0.2, 0.25) is 11.7 Å². The van der Waals surface area contributed by atoms with E-state index < -0.39 is 5.97 Å². The van der Waals surface area contributed by atoms with Crippen LogP contribution < -0.4 is 4.74 Å². The number of aromatic nitrogens is 2. The summed E-state index contributed by atoms with van der Waals surface area (Å²) in [6.07, 6.45) is 0. The topological polar surface area (TPSA) is 88.7 Å². The number of carboxylic acids is 1. The van der Waals surface area contributed by atoms with Crippen LogP contribution >= 0.6 is 0 Å². The van der Waals surface area contributed by atoms with E-state index in [-0.39, 0.29) is 6.54 Å². The van der Waals surface area contributed by atoms with Gasteiger partial charge in [0.05, 0.1) is 20.2 Å². The van der Waals surface area contributed by atoms with E-state index in [9.17, 15) is 4.79 Å². The maximum Gasteiger partial charge on any atom is 0.317 e. The second-order valence-corrected chi connectivity index (χ2v) is 4.44. The summed E-state index contributed by atoms with van der Waals surface area (Å²) in [6.45, 7) is 2.72. The van der Waals surface area contributed by atoms with Crippen molar-refractivity contribution < 1.29 is 19.2 Å². The number of ether oxygens (including phenoxy) is 1. The molecule has 7 nitrogen and oxygen atoms in total. The molecule has 0 bridgehead atoms. The minimum atomic E-state index is -0.883. The molecule has 1 N–H and O–H groups in total. The molecule has 112 valence electrons. The zero-order valence-electron chi connectivity index (χ0n) is 11.9. The van der Waals surface area contributed by atoms with Crippen LogP contribution in [0.5, 0.6) is 5.75 Å². The lowest BCUT2D eigenvalue weighted by molar-refractivity contribution is -0.138. The molecule has 0 unspecified atom stereocenters. The first-order valence-electron chi connectivity index (χ1n) is 6.53. The van der Waals surface area contributed by atoms with Crippen LogP contribution in [-0.2, 0) is 11.3 Å². The molecule has 0 saturated carbocycles. The summed E-state index contributed by atoms with van der Waals surface area (Å²) < 4.78 is 10.3. The molecule has 0 aliphatic rings. The average Bonchev–Trinajstić information content (AvgIpc) is 2.94. The first-order chi connectivity index (χ1) is 10.1. The zero-order valence-corrected chi connectivity index (χ0v) is 11.9. The molecule has 0 amide bonds. The van der Waals surface area contributed by atoms with Gasteiger partial charge in [-0.3, -0.25) is 9.69 Å². The molecule has 2 aromatic rings. The van der Waals surface area contributed by atoms with E-state index in [0.717, 1.165) is 11.3 Å². The Morgan fingerprint density at radius 1 is 1.38 bits per heavy atom. The van der Waals surface area contributed by atoms with E-state index >= 15 is 0 Å². The number of rotatable bonds is 7. The smallest absolute Gasteiger partial charge is 0.317 e. The summed E-state index contributed by atoms with van der Waals surface area (Å²) in [5.41, 5.74) is 0.812. The molecule has 0 fully saturated rings. The number of carboxylic acid groups (broad SMARTS) is 1. The molecular weight excluding hydrogens is 274 g/mol. The van der Waals surface area contributed by atoms with E-state index in [2.05, 4.69) is 10.1 Å². The fourth-order valence-electron chi connectivity index (χ4n) is 1.84. The van der Waals surface area contributed by atoms with Crippen molar-refractivity contribution in [3.8, 4) is 17.1 Å². The predicted molar refractivity (Wildman–Crippen MR) is 74.9 cm³/mol. The summed E-state index contributed by atoms with van der Waals surface area (Å²) >= 11 is 0. The Morgan fingerprint density at radius 3 is 2.67 bits per heavy atom. The third kappa shape index (κ3) is 4.03. The quantitative estimate of drug-likeness (QED) is 0.829. The van der Waals surface area contributed by atoms with E-state index in [0.29, 0.717) is 24.8 Å². The number of hydrogen-bond acceptors (Lipinski definition) is 6. The van der Waals surface area contributed by atoms with E-state index in [1.807, 2.05) is 31.2 Å². The molecule has 2 rings (SSSR count). The van der Waals surface area contributed by atoms with Crippen molar-refractivity contribution >= 4 is 5.97 Å². The Morgan fingerprint density at radius 2 is 2.10 bits per heavy atom. The summed E-state index contributed by atoms with van der Waals surface area (Å²) in [7, 11) is 1.60. The van der Waals surface area contributed by atoms with Gasteiger partial charge in [-0.05, 0) is 30.8 Å². The fourth-order valence-corrected chi connectivity index (χ4v) is 1.84. The number of likely N-dealkylation sites (N-methyl/N-ethyl adjacent to an activating group) is 1. The van der Waals surface area contributed by atoms with Crippen molar-refractivity contribution in [2.24, 2.45) is 0 Å². The van der Waals surface area contributed by atoms with Crippen molar-refractivity contribution in [2.75, 3.05) is 20.2 Å². The van der Waals surface area contributed by atoms with Gasteiger partial charge < -0.3 is 14.4 Å². The van der Waals surface area contributed by atoms with Crippen LogP contribution in [0.4, 0.5) is 0 Å². The highest BCUT2D eigenvalue weighted by atomic mass is 16.5. The number of carbonyl (C=O) groups is 1. The van der Waals surface area contributed by atoms with Crippen LogP contribution in [0.2, 0.25) is 0 Å². The van der Waals surface area contributed by atoms with Gasteiger partial charge in [-0.15, -0.1) is 0 Å². The van der Waals surface area contributed by atoms with Gasteiger partial charge in [0.25, 0.3) is 0 Å². The summed E-state index contributed by atoms with van der Waals surface area (Å²) in [6, 6.07) is 7.30. The second-order valence-electron chi connectivity index (χ2n) is 4.44. The van der Waals surface area contributed by atoms with E-state index in [4.69, 9.17) is 14.4 Å². The van der Waals surface area contributed by atoms with Gasteiger partial charge in [-0.1, -0.05) is 12.1 Å². The molecule has 0 atom stereocenters. The van der Waals surface area contributed by atoms with Crippen LogP contribution in [0.1, 0.15) is 12.8 Å². The number of aliphatic carboxylic acids is 1. The summed E-state index contributed by atoms with van der Waals surface area (Å²) in [4.78, 5) is 16.7. The Balaban J connectivity index is 2.07. The molecular formula is C14H17N3O4. The molecule has 21 heavy (non-hydrogen) atoms. The van der Waals surface area contributed by atoms with Crippen LogP contribution in [0.3, 0.4) is 0 Å². The van der Waals surface area contributed by atoms with Crippen LogP contribution in [0.25, 0.3) is 11.4 Å². The van der Waals surface area contributed by atoms with Gasteiger partial charge in [-0.2, -0.15) is 4.98 Å². The molecule has 0 saturated heterocycles. The number of benzene rings is 1. The predicted octanol–water partition coefficient (Wildman–Crippen LogP) is 1.65. The van der Waals surface area contributed by atoms with Gasteiger partial charge in [0.1, 0.15) is 5.75 Å². The molecule has 0 spiro atoms.